The molecule has 4 nitrogen and oxygen atoms in total. The number of hydrogen-bond donors (Lipinski definition) is 1. The zero-order chi connectivity index (χ0) is 11.5. The highest BCUT2D eigenvalue weighted by Crippen LogP contribution is 2.35. The molecule has 0 amide bonds. The van der Waals surface area contributed by atoms with Gasteiger partial charge >= 0.3 is 0 Å². The Labute approximate surface area is 99.9 Å². The molecular weight excluding hydrogens is 224 g/mol. The van der Waals surface area contributed by atoms with Crippen molar-refractivity contribution in [1.29, 1.82) is 0 Å². The molecule has 0 spiro atoms. The Hall–Kier alpha value is -0.650. The average Bonchev–Trinajstić information content (AvgIpc) is 3.03. The van der Waals surface area contributed by atoms with Gasteiger partial charge in [0, 0.05) is 19.7 Å². The molecule has 1 aromatic rings. The van der Waals surface area contributed by atoms with Crippen molar-refractivity contribution >= 4 is 16.5 Å². The van der Waals surface area contributed by atoms with Crippen LogP contribution in [0.1, 0.15) is 30.3 Å². The van der Waals surface area contributed by atoms with Crippen molar-refractivity contribution < 1.29 is 9.84 Å². The van der Waals surface area contributed by atoms with E-state index in [9.17, 15) is 5.11 Å². The molecule has 90 valence electrons. The van der Waals surface area contributed by atoms with Crippen LogP contribution in [0.5, 0.6) is 0 Å². The van der Waals surface area contributed by atoms with Crippen molar-refractivity contribution in [1.82, 2.24) is 4.98 Å². The van der Waals surface area contributed by atoms with Crippen LogP contribution in [-0.2, 0) is 18.0 Å². The molecule has 1 fully saturated rings. The van der Waals surface area contributed by atoms with Gasteiger partial charge in [-0.25, -0.2) is 4.98 Å². The van der Waals surface area contributed by atoms with Gasteiger partial charge in [0.1, 0.15) is 0 Å². The lowest BCUT2D eigenvalue weighted by Crippen LogP contribution is -2.24. The molecule has 0 radical (unpaired) electrons. The summed E-state index contributed by atoms with van der Waals surface area (Å²) in [5.41, 5.74) is 0.879. The van der Waals surface area contributed by atoms with Crippen LogP contribution in [0.3, 0.4) is 0 Å². The van der Waals surface area contributed by atoms with Crippen molar-refractivity contribution in [2.45, 2.75) is 39.0 Å². The van der Waals surface area contributed by atoms with E-state index in [-0.39, 0.29) is 6.61 Å². The number of aliphatic hydroxyl groups is 1. The zero-order valence-corrected chi connectivity index (χ0v) is 10.6. The Kier molecular flexibility index (Phi) is 3.78. The topological polar surface area (TPSA) is 45.6 Å². The summed E-state index contributed by atoms with van der Waals surface area (Å²) in [6.45, 7) is 3.66. The van der Waals surface area contributed by atoms with Crippen LogP contribution in [-0.4, -0.2) is 29.8 Å². The van der Waals surface area contributed by atoms with Crippen LogP contribution in [0.25, 0.3) is 0 Å². The molecule has 1 aliphatic carbocycles. The number of ether oxygens (including phenoxy) is 1. The van der Waals surface area contributed by atoms with Crippen molar-refractivity contribution in [3.8, 4) is 0 Å². The zero-order valence-electron chi connectivity index (χ0n) is 9.77. The maximum Gasteiger partial charge on any atom is 0.186 e. The summed E-state index contributed by atoms with van der Waals surface area (Å²) in [5, 5.41) is 10.3. The van der Waals surface area contributed by atoms with Crippen molar-refractivity contribution in [3.05, 3.63) is 10.6 Å². The number of anilines is 1. The van der Waals surface area contributed by atoms with Gasteiger partial charge < -0.3 is 14.7 Å². The first-order valence-corrected chi connectivity index (χ1v) is 6.46. The predicted octanol–water partition coefficient (Wildman–Crippen LogP) is 1.77. The molecule has 1 N–H and O–H groups in total. The molecule has 0 saturated heterocycles. The van der Waals surface area contributed by atoms with Gasteiger partial charge in [-0.3, -0.25) is 0 Å². The number of hydrogen-bond acceptors (Lipinski definition) is 5. The second-order valence-corrected chi connectivity index (χ2v) is 5.04. The maximum absolute atomic E-state index is 9.26. The fraction of sp³-hybridized carbons (Fsp3) is 0.727. The third-order valence-corrected chi connectivity index (χ3v) is 3.89. The molecule has 1 aliphatic rings. The minimum Gasteiger partial charge on any atom is -0.391 e. The number of thiazole rings is 1. The molecule has 0 unspecified atom stereocenters. The highest BCUT2D eigenvalue weighted by atomic mass is 32.1. The summed E-state index contributed by atoms with van der Waals surface area (Å²) in [4.78, 5) is 7.81. The van der Waals surface area contributed by atoms with Crippen LogP contribution in [0.15, 0.2) is 0 Å². The molecule has 1 aromatic heterocycles. The van der Waals surface area contributed by atoms with E-state index in [4.69, 9.17) is 4.74 Å². The van der Waals surface area contributed by atoms with Crippen molar-refractivity contribution in [2.75, 3.05) is 18.6 Å². The lowest BCUT2D eigenvalue weighted by Gasteiger charge is -2.18. The van der Waals surface area contributed by atoms with Gasteiger partial charge in [0.25, 0.3) is 0 Å². The van der Waals surface area contributed by atoms with E-state index in [0.717, 1.165) is 22.2 Å². The molecule has 1 heterocycles. The van der Waals surface area contributed by atoms with E-state index < -0.39 is 0 Å². The Morgan fingerprint density at radius 3 is 2.81 bits per heavy atom. The van der Waals surface area contributed by atoms with Crippen LogP contribution in [0, 0.1) is 0 Å². The number of aliphatic hydroxyl groups excluding tert-OH is 1. The third-order valence-electron chi connectivity index (χ3n) is 2.77. The van der Waals surface area contributed by atoms with Gasteiger partial charge in [-0.1, -0.05) is 11.3 Å². The molecule has 1 saturated carbocycles. The Morgan fingerprint density at radius 1 is 1.56 bits per heavy atom. The average molecular weight is 242 g/mol. The molecular formula is C11H18N2O2S. The minimum absolute atomic E-state index is 0.0541. The third kappa shape index (κ3) is 2.36. The molecule has 0 aromatic carbocycles. The van der Waals surface area contributed by atoms with E-state index in [0.29, 0.717) is 12.6 Å². The van der Waals surface area contributed by atoms with Crippen molar-refractivity contribution in [2.24, 2.45) is 0 Å². The number of rotatable bonds is 6. The van der Waals surface area contributed by atoms with Crippen LogP contribution < -0.4 is 4.90 Å². The smallest absolute Gasteiger partial charge is 0.186 e. The minimum atomic E-state index is 0.0541. The summed E-state index contributed by atoms with van der Waals surface area (Å²) in [6.07, 6.45) is 2.53. The number of nitrogens with zero attached hydrogens (tertiary/aromatic N) is 2. The molecule has 0 atom stereocenters. The van der Waals surface area contributed by atoms with Crippen LogP contribution in [0.2, 0.25) is 0 Å². The number of methoxy groups -OCH3 is 1. The van der Waals surface area contributed by atoms with Gasteiger partial charge in [0.15, 0.2) is 5.13 Å². The predicted molar refractivity (Wildman–Crippen MR) is 64.8 cm³/mol. The highest BCUT2D eigenvalue weighted by molar-refractivity contribution is 7.15. The van der Waals surface area contributed by atoms with Gasteiger partial charge in [-0.15, -0.1) is 0 Å². The highest BCUT2D eigenvalue weighted by Gasteiger charge is 2.30. The van der Waals surface area contributed by atoms with Gasteiger partial charge in [-0.2, -0.15) is 0 Å². The molecule has 0 aliphatic heterocycles. The Balaban J connectivity index is 2.19. The first-order chi connectivity index (χ1) is 7.80. The molecule has 5 heteroatoms. The molecule has 2 rings (SSSR count). The second kappa shape index (κ2) is 5.12. The summed E-state index contributed by atoms with van der Waals surface area (Å²) in [6, 6.07) is 0.665. The lowest BCUT2D eigenvalue weighted by atomic mass is 10.4. The van der Waals surface area contributed by atoms with Crippen LogP contribution in [0.4, 0.5) is 5.13 Å². The summed E-state index contributed by atoms with van der Waals surface area (Å²) in [7, 11) is 1.65. The SMILES string of the molecule is CCN(c1nc(COC)c(CO)s1)C1CC1. The quantitative estimate of drug-likeness (QED) is 0.826. The standard InChI is InChI=1S/C11H18N2O2S/c1-3-13(8-4-5-8)11-12-9(7-15-2)10(6-14)16-11/h8,14H,3-7H2,1-2H3. The first-order valence-electron chi connectivity index (χ1n) is 5.65. The fourth-order valence-corrected chi connectivity index (χ4v) is 2.86. The van der Waals surface area contributed by atoms with E-state index in [1.807, 2.05) is 0 Å². The lowest BCUT2D eigenvalue weighted by molar-refractivity contribution is 0.179. The van der Waals surface area contributed by atoms with Gasteiger partial charge in [0.2, 0.25) is 0 Å². The van der Waals surface area contributed by atoms with Gasteiger partial charge in [-0.05, 0) is 19.8 Å². The molecule has 0 bridgehead atoms. The van der Waals surface area contributed by atoms with E-state index >= 15 is 0 Å². The Bertz CT molecular complexity index is 350. The van der Waals surface area contributed by atoms with Gasteiger partial charge in [0.05, 0.1) is 23.8 Å². The Morgan fingerprint density at radius 2 is 2.31 bits per heavy atom. The monoisotopic (exact) mass is 242 g/mol. The fourth-order valence-electron chi connectivity index (χ4n) is 1.80. The van der Waals surface area contributed by atoms with E-state index in [1.54, 1.807) is 18.4 Å². The summed E-state index contributed by atoms with van der Waals surface area (Å²) in [5.74, 6) is 0. The van der Waals surface area contributed by atoms with E-state index in [2.05, 4.69) is 16.8 Å². The second-order valence-electron chi connectivity index (χ2n) is 3.97. The summed E-state index contributed by atoms with van der Waals surface area (Å²) >= 11 is 1.59. The van der Waals surface area contributed by atoms with Crippen molar-refractivity contribution in [3.63, 3.8) is 0 Å². The molecule has 16 heavy (non-hydrogen) atoms. The normalized spacial score (nSPS) is 15.4. The van der Waals surface area contributed by atoms with E-state index in [1.165, 1.54) is 12.8 Å². The first kappa shape index (κ1) is 11.8. The maximum atomic E-state index is 9.26. The summed E-state index contributed by atoms with van der Waals surface area (Å²) < 4.78 is 5.09. The number of aromatic nitrogens is 1. The van der Waals surface area contributed by atoms with Crippen LogP contribution >= 0.6 is 11.3 Å². The largest absolute Gasteiger partial charge is 0.391 e.